The van der Waals surface area contributed by atoms with Crippen LogP contribution in [0.1, 0.15) is 40.0 Å². The zero-order valence-corrected chi connectivity index (χ0v) is 34.8. The van der Waals surface area contributed by atoms with Crippen LogP contribution >= 0.6 is 0 Å². The van der Waals surface area contributed by atoms with Gasteiger partial charge >= 0.3 is 0 Å². The first-order chi connectivity index (χ1) is 33.0. The van der Waals surface area contributed by atoms with Crippen molar-refractivity contribution in [3.63, 3.8) is 0 Å². The summed E-state index contributed by atoms with van der Waals surface area (Å²) < 4.78 is 98.2. The molecule has 0 amide bonds. The molecule has 0 spiro atoms. The molecule has 3 aromatic heterocycles. The number of fused-ring (bicyclic) bond motifs is 3. The van der Waals surface area contributed by atoms with Crippen molar-refractivity contribution in [2.45, 2.75) is 26.2 Å². The molecule has 7 aromatic carbocycles. The molecule has 6 nitrogen and oxygen atoms in total. The van der Waals surface area contributed by atoms with Crippen LogP contribution < -0.4 is 9.42 Å². The van der Waals surface area contributed by atoms with E-state index in [2.05, 4.69) is 62.0 Å². The van der Waals surface area contributed by atoms with E-state index < -0.39 is 60.4 Å². The molecule has 10 rings (SSSR count). The zero-order chi connectivity index (χ0) is 48.6. The molecular formula is C53H39N5OPt-2. The van der Waals surface area contributed by atoms with Gasteiger partial charge in [-0.25, -0.2) is 4.98 Å². The van der Waals surface area contributed by atoms with Crippen LogP contribution in [0, 0.1) is 18.5 Å². The summed E-state index contributed by atoms with van der Waals surface area (Å²) in [7, 11) is 0. The minimum atomic E-state index is -0.590. The number of ether oxygens (including phenoxy) is 1. The third-order valence-electron chi connectivity index (χ3n) is 10.0. The molecule has 7 heteroatoms. The van der Waals surface area contributed by atoms with Crippen molar-refractivity contribution in [3.05, 3.63) is 206 Å². The van der Waals surface area contributed by atoms with Gasteiger partial charge < -0.3 is 13.9 Å². The van der Waals surface area contributed by atoms with Crippen molar-refractivity contribution in [1.29, 1.82) is 0 Å². The molecule has 0 radical (unpaired) electrons. The minimum Gasteiger partial charge on any atom is -0.510 e. The summed E-state index contributed by atoms with van der Waals surface area (Å²) in [6.07, 6.45) is 5.10. The molecule has 0 saturated carbocycles. The second kappa shape index (κ2) is 16.0. The largest absolute Gasteiger partial charge is 0.510 e. The minimum absolute atomic E-state index is 0. The van der Waals surface area contributed by atoms with Crippen LogP contribution in [0.15, 0.2) is 182 Å². The van der Waals surface area contributed by atoms with E-state index in [4.69, 9.17) is 28.5 Å². The summed E-state index contributed by atoms with van der Waals surface area (Å²) in [6.45, 7) is 6.49. The molecule has 0 N–H and O–H groups in total. The summed E-state index contributed by atoms with van der Waals surface area (Å²) >= 11 is 0. The summed E-state index contributed by atoms with van der Waals surface area (Å²) in [4.78, 5) is 4.79. The van der Waals surface area contributed by atoms with Crippen LogP contribution in [0.25, 0.3) is 72.6 Å². The molecule has 0 fully saturated rings. The topological polar surface area (TPSA) is 48.8 Å². The average molecular weight is 967 g/mol. The maximum atomic E-state index is 8.98. The first-order valence-corrected chi connectivity index (χ1v) is 18.9. The number of nitrogens with zero attached hydrogens (tertiary/aromatic N) is 5. The van der Waals surface area contributed by atoms with E-state index in [1.807, 2.05) is 66.9 Å². The summed E-state index contributed by atoms with van der Waals surface area (Å²) in [5, 5.41) is 7.02. The number of hydrogen-bond acceptors (Lipinski definition) is 3. The Hall–Kier alpha value is -6.88. The summed E-state index contributed by atoms with van der Waals surface area (Å²) in [5.74, 6) is 1.81. The molecule has 294 valence electrons. The van der Waals surface area contributed by atoms with E-state index in [1.54, 1.807) is 22.8 Å². The maximum Gasteiger partial charge on any atom is 0.272 e. The van der Waals surface area contributed by atoms with Gasteiger partial charge in [-0.3, -0.25) is 0 Å². The first kappa shape index (κ1) is 28.5. The fourth-order valence-electron chi connectivity index (χ4n) is 7.21. The van der Waals surface area contributed by atoms with Gasteiger partial charge in [-0.05, 0) is 56.8 Å². The Kier molecular flexibility index (Phi) is 7.63. The van der Waals surface area contributed by atoms with E-state index in [-0.39, 0.29) is 54.4 Å². The Morgan fingerprint density at radius 3 is 2.03 bits per heavy atom. The van der Waals surface area contributed by atoms with Gasteiger partial charge in [0.1, 0.15) is 5.82 Å². The van der Waals surface area contributed by atoms with Crippen molar-refractivity contribution < 1.29 is 44.2 Å². The maximum absolute atomic E-state index is 8.98. The van der Waals surface area contributed by atoms with Crippen LogP contribution in [-0.2, 0) is 26.5 Å². The summed E-state index contributed by atoms with van der Waals surface area (Å²) in [6, 6.07) is 36.5. The third-order valence-corrected chi connectivity index (χ3v) is 10.0. The SMILES string of the molecule is [2H]c1c([2H])c([2H])c(-c2cccc(-c3c([2H])c([2H])c([2H])c([2H])c3[2H])c2-[n+]2[c-]n(-c3[c-]c(Oc4[c-]c5c(cc4)c4ccccc4n5-c4cc(C(C)(C)C)ccn4)ccc3)c(-c3ccccc3)n2)c([2H])c1[2H].[Pt]. The van der Waals surface area contributed by atoms with Crippen molar-refractivity contribution in [1.82, 2.24) is 19.2 Å². The Morgan fingerprint density at radius 2 is 1.32 bits per heavy atom. The fraction of sp³-hybridized carbons (Fsp3) is 0.0755. The van der Waals surface area contributed by atoms with Gasteiger partial charge in [0, 0.05) is 49.8 Å². The molecule has 60 heavy (non-hydrogen) atoms. The number of benzene rings is 7. The molecule has 0 aliphatic carbocycles. The predicted octanol–water partition coefficient (Wildman–Crippen LogP) is 12.1. The average Bonchev–Trinajstić information content (AvgIpc) is 3.94. The Balaban J connectivity index is 0.00000608. The Bertz CT molecular complexity index is 3580. The van der Waals surface area contributed by atoms with Crippen LogP contribution in [0.4, 0.5) is 0 Å². The molecule has 0 atom stereocenters. The van der Waals surface area contributed by atoms with Gasteiger partial charge in [0.05, 0.1) is 19.4 Å². The van der Waals surface area contributed by atoms with Crippen molar-refractivity contribution in [2.24, 2.45) is 0 Å². The van der Waals surface area contributed by atoms with E-state index in [0.29, 0.717) is 28.6 Å². The van der Waals surface area contributed by atoms with Gasteiger partial charge in [0.2, 0.25) is 0 Å². The van der Waals surface area contributed by atoms with Gasteiger partial charge in [0.15, 0.2) is 5.82 Å². The third kappa shape index (κ3) is 7.25. The first-order valence-electron chi connectivity index (χ1n) is 23.9. The molecule has 0 aliphatic rings. The van der Waals surface area contributed by atoms with Gasteiger partial charge in [-0.15, -0.1) is 34.8 Å². The van der Waals surface area contributed by atoms with Crippen LogP contribution in [0.5, 0.6) is 11.5 Å². The van der Waals surface area contributed by atoms with E-state index in [9.17, 15) is 0 Å². The number of pyridine rings is 1. The second-order valence-electron chi connectivity index (χ2n) is 14.8. The van der Waals surface area contributed by atoms with Crippen molar-refractivity contribution in [3.8, 4) is 62.3 Å². The number of para-hydroxylation sites is 2. The molecule has 0 aliphatic heterocycles. The number of aromatic nitrogens is 5. The molecule has 0 bridgehead atoms. The van der Waals surface area contributed by atoms with Gasteiger partial charge in [-0.2, -0.15) is 22.9 Å². The summed E-state index contributed by atoms with van der Waals surface area (Å²) in [5.41, 5.74) is 3.63. The molecule has 10 aromatic rings. The van der Waals surface area contributed by atoms with Crippen LogP contribution in [-0.4, -0.2) is 19.2 Å². The molecule has 3 heterocycles. The standard InChI is InChI=1S/C53H39N5O.Pt/c1-53(2,3)40-31-32-54-50(33-40)58-48-28-14-13-25-46(48)47-30-29-43(35-49(47)58)59-42-24-15-23-41(34-42)56-36-57(55-52(56)39-21-11-6-12-22-39)51-44(37-17-7-4-8-18-37)26-16-27-45(51)38-19-9-5-10-20-38;/h4-33H,1-3H3;/q-2;/i4D,5D,7D,8D,9D,10D,17D,18D,19D,20D;. The van der Waals surface area contributed by atoms with Crippen LogP contribution in [0.2, 0.25) is 0 Å². The van der Waals surface area contributed by atoms with E-state index >= 15 is 0 Å². The van der Waals surface area contributed by atoms with E-state index in [0.717, 1.165) is 33.2 Å². The van der Waals surface area contributed by atoms with E-state index in [1.165, 1.54) is 22.9 Å². The molecule has 0 saturated heterocycles. The monoisotopic (exact) mass is 966 g/mol. The fourth-order valence-corrected chi connectivity index (χ4v) is 7.21. The number of rotatable bonds is 8. The van der Waals surface area contributed by atoms with Crippen molar-refractivity contribution in [2.75, 3.05) is 0 Å². The zero-order valence-electron chi connectivity index (χ0n) is 42.5. The molecule has 0 unspecified atom stereocenters. The quantitative estimate of drug-likeness (QED) is 0.113. The molecular weight excluding hydrogens is 918 g/mol. The van der Waals surface area contributed by atoms with Gasteiger partial charge in [0.25, 0.3) is 6.33 Å². The van der Waals surface area contributed by atoms with Crippen LogP contribution in [0.3, 0.4) is 0 Å². The smallest absolute Gasteiger partial charge is 0.272 e. The van der Waals surface area contributed by atoms with Crippen molar-refractivity contribution >= 4 is 21.8 Å². The normalized spacial score (nSPS) is 13.8. The predicted molar refractivity (Wildman–Crippen MR) is 235 cm³/mol. The second-order valence-corrected chi connectivity index (χ2v) is 14.8. The number of hydrogen-bond donors (Lipinski definition) is 0. The Morgan fingerprint density at radius 1 is 0.650 bits per heavy atom. The van der Waals surface area contributed by atoms with Gasteiger partial charge in [-0.1, -0.05) is 159 Å². The Labute approximate surface area is 378 Å².